The molecule has 0 atom stereocenters. The van der Waals surface area contributed by atoms with Crippen molar-refractivity contribution < 1.29 is 4.42 Å². The zero-order chi connectivity index (χ0) is 13.0. The SMILES string of the molecule is CCCNCc1ncc(-c2c(Cl)cccc2Cl)o1. The molecule has 0 saturated heterocycles. The van der Waals surface area contributed by atoms with Gasteiger partial charge in [0.15, 0.2) is 5.76 Å². The molecule has 5 heteroatoms. The van der Waals surface area contributed by atoms with Crippen LogP contribution in [-0.2, 0) is 6.54 Å². The third-order valence-electron chi connectivity index (χ3n) is 2.47. The highest BCUT2D eigenvalue weighted by molar-refractivity contribution is 6.39. The maximum absolute atomic E-state index is 6.11. The first-order valence-electron chi connectivity index (χ1n) is 5.82. The average Bonchev–Trinajstić information content (AvgIpc) is 2.78. The molecular formula is C13H14Cl2N2O. The van der Waals surface area contributed by atoms with Gasteiger partial charge in [-0.3, -0.25) is 0 Å². The molecular weight excluding hydrogens is 271 g/mol. The van der Waals surface area contributed by atoms with E-state index in [1.807, 2.05) is 0 Å². The Morgan fingerprint density at radius 3 is 2.67 bits per heavy atom. The Bertz CT molecular complexity index is 505. The Morgan fingerprint density at radius 1 is 1.28 bits per heavy atom. The molecule has 0 saturated carbocycles. The smallest absolute Gasteiger partial charge is 0.208 e. The zero-order valence-corrected chi connectivity index (χ0v) is 11.6. The van der Waals surface area contributed by atoms with Crippen molar-refractivity contribution in [3.05, 3.63) is 40.3 Å². The Balaban J connectivity index is 2.19. The monoisotopic (exact) mass is 284 g/mol. The predicted molar refractivity (Wildman–Crippen MR) is 74.0 cm³/mol. The molecule has 1 aromatic carbocycles. The van der Waals surface area contributed by atoms with Crippen molar-refractivity contribution in [1.82, 2.24) is 10.3 Å². The highest BCUT2D eigenvalue weighted by atomic mass is 35.5. The summed E-state index contributed by atoms with van der Waals surface area (Å²) in [6.07, 6.45) is 2.72. The van der Waals surface area contributed by atoms with Crippen LogP contribution in [0, 0.1) is 0 Å². The molecule has 96 valence electrons. The van der Waals surface area contributed by atoms with Crippen molar-refractivity contribution in [1.29, 1.82) is 0 Å². The normalized spacial score (nSPS) is 10.8. The average molecular weight is 285 g/mol. The molecule has 1 heterocycles. The van der Waals surface area contributed by atoms with E-state index in [9.17, 15) is 0 Å². The van der Waals surface area contributed by atoms with E-state index in [1.165, 1.54) is 0 Å². The van der Waals surface area contributed by atoms with Gasteiger partial charge in [-0.1, -0.05) is 36.2 Å². The Labute approximate surface area is 116 Å². The van der Waals surface area contributed by atoms with Crippen molar-refractivity contribution in [3.63, 3.8) is 0 Å². The molecule has 18 heavy (non-hydrogen) atoms. The number of hydrogen-bond donors (Lipinski definition) is 1. The molecule has 0 radical (unpaired) electrons. The molecule has 3 nitrogen and oxygen atoms in total. The van der Waals surface area contributed by atoms with Gasteiger partial charge in [0.2, 0.25) is 5.89 Å². The topological polar surface area (TPSA) is 38.1 Å². The van der Waals surface area contributed by atoms with E-state index in [4.69, 9.17) is 27.6 Å². The first kappa shape index (κ1) is 13.4. The van der Waals surface area contributed by atoms with Crippen LogP contribution in [-0.4, -0.2) is 11.5 Å². The summed E-state index contributed by atoms with van der Waals surface area (Å²) in [5.74, 6) is 1.23. The van der Waals surface area contributed by atoms with E-state index in [0.717, 1.165) is 13.0 Å². The number of nitrogens with one attached hydrogen (secondary N) is 1. The molecule has 0 aliphatic rings. The number of aromatic nitrogens is 1. The molecule has 0 unspecified atom stereocenters. The molecule has 0 aliphatic heterocycles. The van der Waals surface area contributed by atoms with Gasteiger partial charge in [0, 0.05) is 0 Å². The second-order valence-electron chi connectivity index (χ2n) is 3.89. The van der Waals surface area contributed by atoms with Crippen LogP contribution in [0.2, 0.25) is 10.0 Å². The number of rotatable bonds is 5. The third kappa shape index (κ3) is 3.05. The first-order valence-corrected chi connectivity index (χ1v) is 6.57. The maximum Gasteiger partial charge on any atom is 0.208 e. The van der Waals surface area contributed by atoms with Gasteiger partial charge in [-0.2, -0.15) is 0 Å². The third-order valence-corrected chi connectivity index (χ3v) is 3.10. The van der Waals surface area contributed by atoms with E-state index < -0.39 is 0 Å². The van der Waals surface area contributed by atoms with Gasteiger partial charge in [0.25, 0.3) is 0 Å². The van der Waals surface area contributed by atoms with Gasteiger partial charge in [0.1, 0.15) is 0 Å². The molecule has 1 N–H and O–H groups in total. The van der Waals surface area contributed by atoms with Gasteiger partial charge in [-0.15, -0.1) is 0 Å². The fourth-order valence-electron chi connectivity index (χ4n) is 1.61. The lowest BCUT2D eigenvalue weighted by molar-refractivity contribution is 0.478. The minimum absolute atomic E-state index is 0.562. The van der Waals surface area contributed by atoms with Gasteiger partial charge >= 0.3 is 0 Å². The lowest BCUT2D eigenvalue weighted by Crippen LogP contribution is -2.13. The van der Waals surface area contributed by atoms with Crippen LogP contribution < -0.4 is 5.32 Å². The van der Waals surface area contributed by atoms with Gasteiger partial charge < -0.3 is 9.73 Å². The van der Waals surface area contributed by atoms with Crippen LogP contribution in [0.5, 0.6) is 0 Å². The number of benzene rings is 1. The number of hydrogen-bond acceptors (Lipinski definition) is 3. The van der Waals surface area contributed by atoms with Crippen LogP contribution in [0.15, 0.2) is 28.8 Å². The first-order chi connectivity index (χ1) is 8.72. The fourth-order valence-corrected chi connectivity index (χ4v) is 2.20. The largest absolute Gasteiger partial charge is 0.439 e. The molecule has 0 spiro atoms. The summed E-state index contributed by atoms with van der Waals surface area (Å²) < 4.78 is 5.64. The highest BCUT2D eigenvalue weighted by Gasteiger charge is 2.13. The number of halogens is 2. The van der Waals surface area contributed by atoms with E-state index in [1.54, 1.807) is 24.4 Å². The van der Waals surface area contributed by atoms with Gasteiger partial charge in [0.05, 0.1) is 28.4 Å². The quantitative estimate of drug-likeness (QED) is 0.839. The molecule has 1 aromatic heterocycles. The summed E-state index contributed by atoms with van der Waals surface area (Å²) in [6, 6.07) is 5.36. The second kappa shape index (κ2) is 6.23. The van der Waals surface area contributed by atoms with Crippen LogP contribution in [0.3, 0.4) is 0 Å². The van der Waals surface area contributed by atoms with Crippen LogP contribution in [0.4, 0.5) is 0 Å². The summed E-state index contributed by atoms with van der Waals surface area (Å²) in [6.45, 7) is 3.65. The van der Waals surface area contributed by atoms with Crippen LogP contribution in [0.25, 0.3) is 11.3 Å². The van der Waals surface area contributed by atoms with Crippen molar-refractivity contribution in [2.45, 2.75) is 19.9 Å². The van der Waals surface area contributed by atoms with Crippen molar-refractivity contribution in [3.8, 4) is 11.3 Å². The Morgan fingerprint density at radius 2 is 2.00 bits per heavy atom. The van der Waals surface area contributed by atoms with E-state index >= 15 is 0 Å². The highest BCUT2D eigenvalue weighted by Crippen LogP contribution is 2.34. The molecule has 0 bridgehead atoms. The van der Waals surface area contributed by atoms with E-state index in [-0.39, 0.29) is 0 Å². The lowest BCUT2D eigenvalue weighted by atomic mass is 10.2. The number of nitrogens with zero attached hydrogens (tertiary/aromatic N) is 1. The summed E-state index contributed by atoms with van der Waals surface area (Å²) >= 11 is 12.2. The Hall–Kier alpha value is -1.03. The molecule has 2 rings (SSSR count). The van der Waals surface area contributed by atoms with E-state index in [2.05, 4.69) is 17.2 Å². The number of oxazole rings is 1. The minimum atomic E-state index is 0.562. The van der Waals surface area contributed by atoms with Crippen molar-refractivity contribution in [2.24, 2.45) is 0 Å². The van der Waals surface area contributed by atoms with E-state index in [0.29, 0.717) is 33.8 Å². The van der Waals surface area contributed by atoms with Crippen LogP contribution in [0.1, 0.15) is 19.2 Å². The standard InChI is InChI=1S/C13H14Cl2N2O/c1-2-6-16-8-12-17-7-11(18-12)13-9(14)4-3-5-10(13)15/h3-5,7,16H,2,6,8H2,1H3. The predicted octanol–water partition coefficient (Wildman–Crippen LogP) is 4.15. The van der Waals surface area contributed by atoms with Crippen LogP contribution >= 0.6 is 23.2 Å². The lowest BCUT2D eigenvalue weighted by Gasteiger charge is -2.02. The molecule has 0 aliphatic carbocycles. The zero-order valence-electron chi connectivity index (χ0n) is 10.0. The fraction of sp³-hybridized carbons (Fsp3) is 0.308. The van der Waals surface area contributed by atoms with Gasteiger partial charge in [-0.05, 0) is 25.1 Å². The minimum Gasteiger partial charge on any atom is -0.439 e. The summed E-state index contributed by atoms with van der Waals surface area (Å²) in [7, 11) is 0. The van der Waals surface area contributed by atoms with Gasteiger partial charge in [-0.25, -0.2) is 4.98 Å². The Kier molecular flexibility index (Phi) is 4.64. The second-order valence-corrected chi connectivity index (χ2v) is 4.71. The molecule has 2 aromatic rings. The summed E-state index contributed by atoms with van der Waals surface area (Å²) in [5.41, 5.74) is 0.690. The molecule has 0 fully saturated rings. The summed E-state index contributed by atoms with van der Waals surface area (Å²) in [5, 5.41) is 4.35. The maximum atomic E-state index is 6.11. The molecule has 0 amide bonds. The summed E-state index contributed by atoms with van der Waals surface area (Å²) in [4.78, 5) is 4.20. The van der Waals surface area contributed by atoms with Crippen molar-refractivity contribution >= 4 is 23.2 Å². The van der Waals surface area contributed by atoms with Crippen molar-refractivity contribution in [2.75, 3.05) is 6.54 Å².